The number of nitrogens with one attached hydrogen (secondary N) is 2. The first-order valence-corrected chi connectivity index (χ1v) is 6.92. The zero-order chi connectivity index (χ0) is 12.8. The van der Waals surface area contributed by atoms with Crippen LogP contribution >= 0.6 is 28.3 Å². The Balaban J connectivity index is 0.00000180. The summed E-state index contributed by atoms with van der Waals surface area (Å²) < 4.78 is 6.37. The molecule has 6 heteroatoms. The molecule has 1 aliphatic rings. The van der Waals surface area contributed by atoms with E-state index in [-0.39, 0.29) is 31.0 Å². The number of hydrogen-bond acceptors (Lipinski definition) is 3. The molecule has 1 amide bonds. The number of amides is 1. The molecule has 0 aliphatic carbocycles. The molecular weight excluding hydrogens is 332 g/mol. The number of piperidine rings is 1. The van der Waals surface area contributed by atoms with Crippen molar-refractivity contribution < 1.29 is 9.53 Å². The third kappa shape index (κ3) is 5.80. The molecule has 106 valence electrons. The molecule has 0 aromatic heterocycles. The van der Waals surface area contributed by atoms with Gasteiger partial charge in [0.2, 0.25) is 0 Å². The van der Waals surface area contributed by atoms with Gasteiger partial charge in [-0.2, -0.15) is 0 Å². The van der Waals surface area contributed by atoms with Crippen LogP contribution in [-0.4, -0.2) is 31.6 Å². The van der Waals surface area contributed by atoms with Gasteiger partial charge in [-0.3, -0.25) is 4.79 Å². The highest BCUT2D eigenvalue weighted by molar-refractivity contribution is 9.10. The predicted octanol–water partition coefficient (Wildman–Crippen LogP) is 2.12. The normalized spacial score (nSPS) is 18.3. The molecule has 0 radical (unpaired) electrons. The second-order valence-corrected chi connectivity index (χ2v) is 5.27. The molecule has 1 heterocycles. The van der Waals surface area contributed by atoms with Gasteiger partial charge in [-0.25, -0.2) is 0 Å². The fourth-order valence-corrected chi connectivity index (χ4v) is 2.33. The maximum Gasteiger partial charge on any atom is 0.258 e. The lowest BCUT2D eigenvalue weighted by Crippen LogP contribution is -2.46. The number of ether oxygens (including phenoxy) is 1. The maximum absolute atomic E-state index is 11.7. The van der Waals surface area contributed by atoms with Crippen LogP contribution in [0.1, 0.15) is 12.8 Å². The van der Waals surface area contributed by atoms with Gasteiger partial charge in [0.05, 0.1) is 0 Å². The van der Waals surface area contributed by atoms with Gasteiger partial charge >= 0.3 is 0 Å². The minimum atomic E-state index is -0.0660. The molecule has 4 nitrogen and oxygen atoms in total. The fraction of sp³-hybridized carbons (Fsp3) is 0.462. The van der Waals surface area contributed by atoms with Gasteiger partial charge in [-0.05, 0) is 37.6 Å². The SMILES string of the molecule is Cl.O=C(COc1cccc(Br)c1)N[C@H]1CCCNC1. The number of carbonyl (C=O) groups excluding carboxylic acids is 1. The van der Waals surface area contributed by atoms with Crippen molar-refractivity contribution >= 4 is 34.2 Å². The van der Waals surface area contributed by atoms with Crippen LogP contribution in [0.5, 0.6) is 5.75 Å². The minimum absolute atomic E-state index is 0. The van der Waals surface area contributed by atoms with E-state index in [0.717, 1.165) is 30.4 Å². The Morgan fingerprint density at radius 1 is 1.53 bits per heavy atom. The standard InChI is InChI=1S/C13H17BrN2O2.ClH/c14-10-3-1-5-12(7-10)18-9-13(17)16-11-4-2-6-15-8-11;/h1,3,5,7,11,15H,2,4,6,8-9H2,(H,16,17);1H/t11-;/m0./s1. The van der Waals surface area contributed by atoms with E-state index in [1.807, 2.05) is 24.3 Å². The molecule has 0 spiro atoms. The highest BCUT2D eigenvalue weighted by atomic mass is 79.9. The van der Waals surface area contributed by atoms with Crippen LogP contribution < -0.4 is 15.4 Å². The Bertz CT molecular complexity index is 411. The molecule has 1 atom stereocenters. The van der Waals surface area contributed by atoms with Crippen LogP contribution in [0.3, 0.4) is 0 Å². The van der Waals surface area contributed by atoms with Crippen LogP contribution in [0, 0.1) is 0 Å². The zero-order valence-electron chi connectivity index (χ0n) is 10.5. The van der Waals surface area contributed by atoms with E-state index in [2.05, 4.69) is 26.6 Å². The highest BCUT2D eigenvalue weighted by Crippen LogP contribution is 2.17. The molecular formula is C13H18BrClN2O2. The van der Waals surface area contributed by atoms with Gasteiger partial charge in [-0.15, -0.1) is 12.4 Å². The summed E-state index contributed by atoms with van der Waals surface area (Å²) in [5, 5.41) is 6.23. The lowest BCUT2D eigenvalue weighted by atomic mass is 10.1. The molecule has 1 aliphatic heterocycles. The highest BCUT2D eigenvalue weighted by Gasteiger charge is 2.15. The van der Waals surface area contributed by atoms with Gasteiger partial charge in [0.15, 0.2) is 6.61 Å². The molecule has 2 rings (SSSR count). The van der Waals surface area contributed by atoms with Crippen molar-refractivity contribution in [3.8, 4) is 5.75 Å². The van der Waals surface area contributed by atoms with E-state index in [9.17, 15) is 4.79 Å². The average molecular weight is 350 g/mol. The van der Waals surface area contributed by atoms with E-state index >= 15 is 0 Å². The summed E-state index contributed by atoms with van der Waals surface area (Å²) in [5.74, 6) is 0.630. The van der Waals surface area contributed by atoms with Gasteiger partial charge in [-0.1, -0.05) is 22.0 Å². The van der Waals surface area contributed by atoms with Crippen LogP contribution in [-0.2, 0) is 4.79 Å². The van der Waals surface area contributed by atoms with Gasteiger partial charge in [0, 0.05) is 17.1 Å². The van der Waals surface area contributed by atoms with Crippen molar-refractivity contribution in [3.05, 3.63) is 28.7 Å². The largest absolute Gasteiger partial charge is 0.484 e. The first kappa shape index (κ1) is 16.3. The van der Waals surface area contributed by atoms with Gasteiger partial charge < -0.3 is 15.4 Å². The van der Waals surface area contributed by atoms with Crippen LogP contribution in [0.25, 0.3) is 0 Å². The van der Waals surface area contributed by atoms with E-state index in [1.54, 1.807) is 0 Å². The Morgan fingerprint density at radius 3 is 3.05 bits per heavy atom. The van der Waals surface area contributed by atoms with Gasteiger partial charge in [0.25, 0.3) is 5.91 Å². The number of rotatable bonds is 4. The monoisotopic (exact) mass is 348 g/mol. The Morgan fingerprint density at radius 2 is 2.37 bits per heavy atom. The summed E-state index contributed by atoms with van der Waals surface area (Å²) in [6, 6.07) is 7.70. The lowest BCUT2D eigenvalue weighted by Gasteiger charge is -2.23. The zero-order valence-corrected chi connectivity index (χ0v) is 12.9. The quantitative estimate of drug-likeness (QED) is 0.875. The summed E-state index contributed by atoms with van der Waals surface area (Å²) >= 11 is 3.36. The summed E-state index contributed by atoms with van der Waals surface area (Å²) in [6.07, 6.45) is 2.15. The Labute approximate surface area is 127 Å². The molecule has 0 bridgehead atoms. The summed E-state index contributed by atoms with van der Waals surface area (Å²) in [5.41, 5.74) is 0. The summed E-state index contributed by atoms with van der Waals surface area (Å²) in [6.45, 7) is 1.95. The summed E-state index contributed by atoms with van der Waals surface area (Å²) in [4.78, 5) is 11.7. The maximum atomic E-state index is 11.7. The second-order valence-electron chi connectivity index (χ2n) is 4.36. The molecule has 0 unspecified atom stereocenters. The van der Waals surface area contributed by atoms with Crippen molar-refractivity contribution in [1.29, 1.82) is 0 Å². The van der Waals surface area contributed by atoms with E-state index in [1.165, 1.54) is 0 Å². The number of hydrogen-bond donors (Lipinski definition) is 2. The smallest absolute Gasteiger partial charge is 0.258 e. The Kier molecular flexibility index (Phi) is 7.20. The van der Waals surface area contributed by atoms with Crippen molar-refractivity contribution in [2.45, 2.75) is 18.9 Å². The molecule has 19 heavy (non-hydrogen) atoms. The van der Waals surface area contributed by atoms with Crippen molar-refractivity contribution in [3.63, 3.8) is 0 Å². The first-order chi connectivity index (χ1) is 8.74. The summed E-state index contributed by atoms with van der Waals surface area (Å²) in [7, 11) is 0. The lowest BCUT2D eigenvalue weighted by molar-refractivity contribution is -0.123. The number of benzene rings is 1. The van der Waals surface area contributed by atoms with E-state index < -0.39 is 0 Å². The van der Waals surface area contributed by atoms with E-state index in [4.69, 9.17) is 4.74 Å². The van der Waals surface area contributed by atoms with Crippen LogP contribution in [0.2, 0.25) is 0 Å². The average Bonchev–Trinajstić information content (AvgIpc) is 2.38. The third-order valence-corrected chi connectivity index (χ3v) is 3.32. The number of carbonyl (C=O) groups is 1. The molecule has 1 aromatic rings. The fourth-order valence-electron chi connectivity index (χ4n) is 1.95. The topological polar surface area (TPSA) is 50.4 Å². The minimum Gasteiger partial charge on any atom is -0.484 e. The van der Waals surface area contributed by atoms with Crippen molar-refractivity contribution in [1.82, 2.24) is 10.6 Å². The van der Waals surface area contributed by atoms with Crippen molar-refractivity contribution in [2.24, 2.45) is 0 Å². The molecule has 2 N–H and O–H groups in total. The molecule has 1 fully saturated rings. The second kappa shape index (κ2) is 8.40. The first-order valence-electron chi connectivity index (χ1n) is 6.12. The molecule has 0 saturated carbocycles. The molecule has 1 saturated heterocycles. The van der Waals surface area contributed by atoms with Crippen LogP contribution in [0.15, 0.2) is 28.7 Å². The number of halogens is 2. The Hall–Kier alpha value is -0.780. The van der Waals surface area contributed by atoms with Crippen molar-refractivity contribution in [2.75, 3.05) is 19.7 Å². The van der Waals surface area contributed by atoms with E-state index in [0.29, 0.717) is 5.75 Å². The third-order valence-electron chi connectivity index (χ3n) is 2.83. The predicted molar refractivity (Wildman–Crippen MR) is 80.9 cm³/mol. The van der Waals surface area contributed by atoms with Gasteiger partial charge in [0.1, 0.15) is 5.75 Å². The molecule has 1 aromatic carbocycles. The van der Waals surface area contributed by atoms with Crippen LogP contribution in [0.4, 0.5) is 0 Å².